The lowest BCUT2D eigenvalue weighted by molar-refractivity contribution is 0.461. The lowest BCUT2D eigenvalue weighted by Gasteiger charge is -2.03. The molecule has 0 N–H and O–H groups in total. The molecular formula is C12H11NO2. The molecule has 0 saturated carbocycles. The van der Waals surface area contributed by atoms with Crippen LogP contribution in [0.2, 0.25) is 0 Å². The molecule has 0 saturated heterocycles. The maximum absolute atomic E-state index is 11.7. The van der Waals surface area contributed by atoms with Gasteiger partial charge in [-0.05, 0) is 12.5 Å². The molecule has 3 heteroatoms. The fraction of sp³-hybridized carbons (Fsp3) is 0.167. The molecule has 76 valence electrons. The number of benzene rings is 1. The van der Waals surface area contributed by atoms with Gasteiger partial charge >= 0.3 is 0 Å². The van der Waals surface area contributed by atoms with E-state index in [2.05, 4.69) is 4.98 Å². The Morgan fingerprint density at radius 3 is 2.40 bits per heavy atom. The summed E-state index contributed by atoms with van der Waals surface area (Å²) in [4.78, 5) is 15.5. The Kier molecular flexibility index (Phi) is 2.37. The SMILES string of the molecule is Cc1nc(=O)c(-c2ccccc2)c(C)o1. The number of aromatic nitrogens is 1. The monoisotopic (exact) mass is 201 g/mol. The summed E-state index contributed by atoms with van der Waals surface area (Å²) in [5.74, 6) is 1.01. The number of rotatable bonds is 1. The van der Waals surface area contributed by atoms with E-state index in [4.69, 9.17) is 4.42 Å². The minimum atomic E-state index is -0.234. The third kappa shape index (κ3) is 1.81. The van der Waals surface area contributed by atoms with Gasteiger partial charge in [-0.1, -0.05) is 30.3 Å². The third-order valence-corrected chi connectivity index (χ3v) is 2.19. The van der Waals surface area contributed by atoms with Crippen molar-refractivity contribution in [3.05, 3.63) is 52.3 Å². The Labute approximate surface area is 87.4 Å². The highest BCUT2D eigenvalue weighted by Crippen LogP contribution is 2.18. The zero-order valence-corrected chi connectivity index (χ0v) is 8.65. The topological polar surface area (TPSA) is 43.1 Å². The highest BCUT2D eigenvalue weighted by Gasteiger charge is 2.09. The molecule has 3 nitrogen and oxygen atoms in total. The first-order valence-electron chi connectivity index (χ1n) is 4.72. The lowest BCUT2D eigenvalue weighted by atomic mass is 10.1. The van der Waals surface area contributed by atoms with Crippen LogP contribution < -0.4 is 5.56 Å². The molecule has 0 unspecified atom stereocenters. The van der Waals surface area contributed by atoms with Gasteiger partial charge in [0.2, 0.25) is 0 Å². The van der Waals surface area contributed by atoms with E-state index in [9.17, 15) is 4.79 Å². The van der Waals surface area contributed by atoms with Crippen LogP contribution in [-0.2, 0) is 0 Å². The molecule has 0 atom stereocenters. The van der Waals surface area contributed by atoms with Crippen molar-refractivity contribution in [2.75, 3.05) is 0 Å². The smallest absolute Gasteiger partial charge is 0.284 e. The molecule has 0 aliphatic carbocycles. The van der Waals surface area contributed by atoms with Gasteiger partial charge in [0.25, 0.3) is 5.56 Å². The second-order valence-electron chi connectivity index (χ2n) is 3.34. The predicted octanol–water partition coefficient (Wildman–Crippen LogP) is 2.32. The maximum atomic E-state index is 11.7. The van der Waals surface area contributed by atoms with E-state index in [0.717, 1.165) is 5.56 Å². The highest BCUT2D eigenvalue weighted by atomic mass is 16.3. The quantitative estimate of drug-likeness (QED) is 0.711. The van der Waals surface area contributed by atoms with E-state index in [-0.39, 0.29) is 5.56 Å². The lowest BCUT2D eigenvalue weighted by Crippen LogP contribution is -2.11. The molecule has 0 radical (unpaired) electrons. The molecule has 0 aliphatic heterocycles. The molecule has 0 spiro atoms. The fourth-order valence-corrected chi connectivity index (χ4v) is 1.58. The van der Waals surface area contributed by atoms with Crippen molar-refractivity contribution < 1.29 is 4.42 Å². The van der Waals surface area contributed by atoms with Crippen molar-refractivity contribution in [1.29, 1.82) is 0 Å². The molecule has 15 heavy (non-hydrogen) atoms. The molecule has 1 aromatic heterocycles. The van der Waals surface area contributed by atoms with Crippen LogP contribution in [0.3, 0.4) is 0 Å². The van der Waals surface area contributed by atoms with Gasteiger partial charge in [-0.15, -0.1) is 0 Å². The Bertz CT molecular complexity index is 529. The van der Waals surface area contributed by atoms with Gasteiger partial charge < -0.3 is 4.42 Å². The van der Waals surface area contributed by atoms with E-state index >= 15 is 0 Å². The van der Waals surface area contributed by atoms with Crippen LogP contribution in [0.15, 0.2) is 39.5 Å². The number of hydrogen-bond acceptors (Lipinski definition) is 3. The van der Waals surface area contributed by atoms with Crippen LogP contribution in [0, 0.1) is 13.8 Å². The number of aryl methyl sites for hydroxylation is 2. The summed E-state index contributed by atoms with van der Waals surface area (Å²) >= 11 is 0. The van der Waals surface area contributed by atoms with Crippen LogP contribution in [0.4, 0.5) is 0 Å². The first-order chi connectivity index (χ1) is 7.18. The van der Waals surface area contributed by atoms with Crippen LogP contribution >= 0.6 is 0 Å². The van der Waals surface area contributed by atoms with Crippen molar-refractivity contribution in [1.82, 2.24) is 4.98 Å². The van der Waals surface area contributed by atoms with Crippen molar-refractivity contribution in [3.8, 4) is 11.1 Å². The molecular weight excluding hydrogens is 190 g/mol. The summed E-state index contributed by atoms with van der Waals surface area (Å²) in [5.41, 5.74) is 1.15. The second kappa shape index (κ2) is 3.69. The molecule has 1 heterocycles. The van der Waals surface area contributed by atoms with Crippen molar-refractivity contribution >= 4 is 0 Å². The molecule has 0 amide bonds. The van der Waals surface area contributed by atoms with Crippen molar-refractivity contribution in [2.45, 2.75) is 13.8 Å². The summed E-state index contributed by atoms with van der Waals surface area (Å²) in [5, 5.41) is 0. The average Bonchev–Trinajstić information content (AvgIpc) is 2.17. The highest BCUT2D eigenvalue weighted by molar-refractivity contribution is 5.63. The largest absolute Gasteiger partial charge is 0.447 e. The number of hydrogen-bond donors (Lipinski definition) is 0. The van der Waals surface area contributed by atoms with Gasteiger partial charge in [-0.3, -0.25) is 4.79 Å². The van der Waals surface area contributed by atoms with Gasteiger partial charge in [-0.2, -0.15) is 4.98 Å². The third-order valence-electron chi connectivity index (χ3n) is 2.19. The van der Waals surface area contributed by atoms with Crippen LogP contribution in [0.5, 0.6) is 0 Å². The number of nitrogens with zero attached hydrogens (tertiary/aromatic N) is 1. The maximum Gasteiger partial charge on any atom is 0.284 e. The Morgan fingerprint density at radius 1 is 1.13 bits per heavy atom. The standard InChI is InChI=1S/C12H11NO2/c1-8-11(10-6-4-3-5-7-10)12(14)13-9(2)15-8/h3-7H,1-2H3. The molecule has 0 fully saturated rings. The molecule has 2 rings (SSSR count). The summed E-state index contributed by atoms with van der Waals surface area (Å²) in [6.07, 6.45) is 0. The van der Waals surface area contributed by atoms with Crippen molar-refractivity contribution in [2.24, 2.45) is 0 Å². The Hall–Kier alpha value is -1.90. The molecule has 0 bridgehead atoms. The van der Waals surface area contributed by atoms with E-state index in [1.54, 1.807) is 13.8 Å². The minimum absolute atomic E-state index is 0.234. The molecule has 0 aliphatic rings. The van der Waals surface area contributed by atoms with E-state index in [1.807, 2.05) is 30.3 Å². The van der Waals surface area contributed by atoms with E-state index in [0.29, 0.717) is 17.2 Å². The minimum Gasteiger partial charge on any atom is -0.447 e. The van der Waals surface area contributed by atoms with Gasteiger partial charge in [0.05, 0.1) is 5.56 Å². The van der Waals surface area contributed by atoms with Gasteiger partial charge in [0, 0.05) is 6.92 Å². The summed E-state index contributed by atoms with van der Waals surface area (Å²) < 4.78 is 5.33. The van der Waals surface area contributed by atoms with Crippen molar-refractivity contribution in [3.63, 3.8) is 0 Å². The first-order valence-corrected chi connectivity index (χ1v) is 4.72. The Balaban J connectivity index is 2.69. The van der Waals surface area contributed by atoms with Crippen LogP contribution in [0.25, 0.3) is 11.1 Å². The summed E-state index contributed by atoms with van der Waals surface area (Å²) in [6, 6.07) is 9.41. The zero-order chi connectivity index (χ0) is 10.8. The molecule has 1 aromatic carbocycles. The summed E-state index contributed by atoms with van der Waals surface area (Å²) in [7, 11) is 0. The second-order valence-corrected chi connectivity index (χ2v) is 3.34. The van der Waals surface area contributed by atoms with Crippen LogP contribution in [-0.4, -0.2) is 4.98 Å². The predicted molar refractivity (Wildman–Crippen MR) is 57.7 cm³/mol. The average molecular weight is 201 g/mol. The Morgan fingerprint density at radius 2 is 1.80 bits per heavy atom. The van der Waals surface area contributed by atoms with Gasteiger partial charge in [0.1, 0.15) is 5.76 Å². The van der Waals surface area contributed by atoms with E-state index < -0.39 is 0 Å². The normalized spacial score (nSPS) is 10.3. The fourth-order valence-electron chi connectivity index (χ4n) is 1.58. The molecule has 2 aromatic rings. The van der Waals surface area contributed by atoms with Gasteiger partial charge in [-0.25, -0.2) is 0 Å². The van der Waals surface area contributed by atoms with E-state index in [1.165, 1.54) is 0 Å². The van der Waals surface area contributed by atoms with Gasteiger partial charge in [0.15, 0.2) is 5.89 Å². The first kappa shape index (κ1) is 9.65. The zero-order valence-electron chi connectivity index (χ0n) is 8.65. The van der Waals surface area contributed by atoms with Crippen LogP contribution in [0.1, 0.15) is 11.7 Å². The summed E-state index contributed by atoms with van der Waals surface area (Å²) in [6.45, 7) is 3.45.